The number of nitrogens with one attached hydrogen (secondary N) is 1. The molecule has 8 heteroatoms. The number of rotatable bonds is 5. The number of hydrogen-bond acceptors (Lipinski definition) is 6. The maximum Gasteiger partial charge on any atom is 0.275 e. The Morgan fingerprint density at radius 2 is 2.00 bits per heavy atom. The average molecular weight is 423 g/mol. The molecule has 2 heterocycles. The lowest BCUT2D eigenvalue weighted by Crippen LogP contribution is -2.43. The van der Waals surface area contributed by atoms with Crippen LogP contribution in [0.25, 0.3) is 11.1 Å². The lowest BCUT2D eigenvalue weighted by atomic mass is 9.96. The highest BCUT2D eigenvalue weighted by molar-refractivity contribution is 6.99. The molecule has 2 aromatic carbocycles. The molecule has 154 valence electrons. The van der Waals surface area contributed by atoms with E-state index in [1.165, 1.54) is 6.20 Å². The van der Waals surface area contributed by atoms with E-state index >= 15 is 0 Å². The van der Waals surface area contributed by atoms with Crippen molar-refractivity contribution in [3.05, 3.63) is 60.4 Å². The molecule has 0 aliphatic carbocycles. The van der Waals surface area contributed by atoms with Crippen LogP contribution < -0.4 is 10.1 Å². The Morgan fingerprint density at radius 1 is 1.17 bits per heavy atom. The first kappa shape index (κ1) is 20.0. The second-order valence-corrected chi connectivity index (χ2v) is 7.74. The van der Waals surface area contributed by atoms with Gasteiger partial charge in [-0.1, -0.05) is 24.3 Å². The van der Waals surface area contributed by atoms with Crippen LogP contribution in [0.3, 0.4) is 0 Å². The van der Waals surface area contributed by atoms with Crippen LogP contribution in [0.5, 0.6) is 5.75 Å². The van der Waals surface area contributed by atoms with Crippen molar-refractivity contribution in [3.63, 3.8) is 0 Å². The molecule has 1 aliphatic heterocycles. The zero-order valence-electron chi connectivity index (χ0n) is 16.6. The van der Waals surface area contributed by atoms with Gasteiger partial charge in [0.1, 0.15) is 5.75 Å². The van der Waals surface area contributed by atoms with Gasteiger partial charge >= 0.3 is 0 Å². The minimum atomic E-state index is -0.243. The van der Waals surface area contributed by atoms with Crippen molar-refractivity contribution in [1.82, 2.24) is 13.6 Å². The summed E-state index contributed by atoms with van der Waals surface area (Å²) in [5.41, 5.74) is 3.16. The molecular weight excluding hydrogens is 400 g/mol. The number of amides is 2. The van der Waals surface area contributed by atoms with E-state index in [1.807, 2.05) is 48.5 Å². The first-order chi connectivity index (χ1) is 14.6. The largest absolute Gasteiger partial charge is 0.497 e. The highest BCUT2D eigenvalue weighted by atomic mass is 32.1. The minimum absolute atomic E-state index is 0.0713. The van der Waals surface area contributed by atoms with Gasteiger partial charge in [0.15, 0.2) is 5.69 Å². The van der Waals surface area contributed by atoms with E-state index in [2.05, 4.69) is 14.1 Å². The molecule has 2 amide bonds. The van der Waals surface area contributed by atoms with Gasteiger partial charge in [0.05, 0.1) is 31.0 Å². The van der Waals surface area contributed by atoms with Crippen LogP contribution >= 0.6 is 11.7 Å². The molecule has 0 spiro atoms. The highest BCUT2D eigenvalue weighted by Gasteiger charge is 2.29. The van der Waals surface area contributed by atoms with Crippen molar-refractivity contribution in [2.24, 2.45) is 5.92 Å². The molecule has 1 N–H and O–H groups in total. The van der Waals surface area contributed by atoms with E-state index < -0.39 is 0 Å². The van der Waals surface area contributed by atoms with Gasteiger partial charge < -0.3 is 15.0 Å². The highest BCUT2D eigenvalue weighted by Crippen LogP contribution is 2.26. The fourth-order valence-corrected chi connectivity index (χ4v) is 4.00. The van der Waals surface area contributed by atoms with E-state index in [0.717, 1.165) is 47.1 Å². The number of hydrogen-bond donors (Lipinski definition) is 1. The normalized spacial score (nSPS) is 16.2. The van der Waals surface area contributed by atoms with E-state index in [0.29, 0.717) is 18.8 Å². The van der Waals surface area contributed by atoms with Gasteiger partial charge in [-0.05, 0) is 48.2 Å². The predicted octanol–water partition coefficient (Wildman–Crippen LogP) is 3.70. The van der Waals surface area contributed by atoms with Gasteiger partial charge in [0.25, 0.3) is 5.91 Å². The van der Waals surface area contributed by atoms with E-state index in [4.69, 9.17) is 4.74 Å². The number of benzene rings is 2. The van der Waals surface area contributed by atoms with Crippen molar-refractivity contribution in [1.29, 1.82) is 0 Å². The van der Waals surface area contributed by atoms with Crippen molar-refractivity contribution >= 4 is 29.2 Å². The molecule has 0 radical (unpaired) electrons. The minimum Gasteiger partial charge on any atom is -0.497 e. The van der Waals surface area contributed by atoms with Gasteiger partial charge in [-0.3, -0.25) is 9.59 Å². The summed E-state index contributed by atoms with van der Waals surface area (Å²) < 4.78 is 13.2. The second kappa shape index (κ2) is 9.04. The number of anilines is 1. The van der Waals surface area contributed by atoms with Crippen LogP contribution in [-0.2, 0) is 4.79 Å². The molecule has 1 aromatic heterocycles. The molecule has 0 unspecified atom stereocenters. The molecule has 4 rings (SSSR count). The molecule has 30 heavy (non-hydrogen) atoms. The molecule has 1 aliphatic rings. The summed E-state index contributed by atoms with van der Waals surface area (Å²) in [7, 11) is 1.64. The summed E-state index contributed by atoms with van der Waals surface area (Å²) >= 11 is 1.01. The zero-order valence-corrected chi connectivity index (χ0v) is 17.4. The smallest absolute Gasteiger partial charge is 0.275 e. The average Bonchev–Trinajstić information content (AvgIpc) is 3.34. The Kier molecular flexibility index (Phi) is 6.04. The Bertz CT molecular complexity index is 1020. The van der Waals surface area contributed by atoms with Crippen molar-refractivity contribution in [2.75, 3.05) is 25.5 Å². The lowest BCUT2D eigenvalue weighted by molar-refractivity contribution is -0.121. The third-order valence-electron chi connectivity index (χ3n) is 5.22. The Hall–Kier alpha value is -3.26. The van der Waals surface area contributed by atoms with E-state index in [9.17, 15) is 9.59 Å². The first-order valence-electron chi connectivity index (χ1n) is 9.76. The number of ether oxygens (including phenoxy) is 1. The van der Waals surface area contributed by atoms with Crippen molar-refractivity contribution < 1.29 is 14.3 Å². The molecular formula is C22H22N4O3S. The number of carbonyl (C=O) groups excluding carboxylic acids is 2. The number of piperidine rings is 1. The van der Waals surface area contributed by atoms with Crippen LogP contribution in [0, 0.1) is 5.92 Å². The monoisotopic (exact) mass is 422 g/mol. The standard InChI is InChI=1S/C22H22N4O3S/c1-29-19-6-2-4-16(12-19)15-7-9-18(10-8-15)24-21(27)17-5-3-11-26(14-17)22(28)20-13-23-30-25-20/h2,4,6-10,12-13,17H,3,5,11,14H2,1H3,(H,24,27)/t17-/m1/s1. The third-order valence-corrected chi connectivity index (χ3v) is 5.69. The molecule has 0 bridgehead atoms. The maximum absolute atomic E-state index is 12.8. The van der Waals surface area contributed by atoms with Crippen LogP contribution in [0.4, 0.5) is 5.69 Å². The van der Waals surface area contributed by atoms with Gasteiger partial charge in [-0.15, -0.1) is 0 Å². The Balaban J connectivity index is 1.39. The first-order valence-corrected chi connectivity index (χ1v) is 10.5. The summed E-state index contributed by atoms with van der Waals surface area (Å²) in [5, 5.41) is 2.98. The maximum atomic E-state index is 12.8. The van der Waals surface area contributed by atoms with Gasteiger partial charge in [-0.2, -0.15) is 8.75 Å². The molecule has 3 aromatic rings. The fraction of sp³-hybridized carbons (Fsp3) is 0.273. The van der Waals surface area contributed by atoms with Gasteiger partial charge in [0, 0.05) is 18.8 Å². The topological polar surface area (TPSA) is 84.4 Å². The number of carbonyl (C=O) groups is 2. The van der Waals surface area contributed by atoms with Crippen LogP contribution in [0.1, 0.15) is 23.3 Å². The number of aromatic nitrogens is 2. The summed E-state index contributed by atoms with van der Waals surface area (Å²) in [4.78, 5) is 27.0. The summed E-state index contributed by atoms with van der Waals surface area (Å²) in [6, 6.07) is 15.6. The molecule has 1 fully saturated rings. The lowest BCUT2D eigenvalue weighted by Gasteiger charge is -2.31. The quantitative estimate of drug-likeness (QED) is 0.678. The fourth-order valence-electron chi connectivity index (χ4n) is 3.59. The summed E-state index contributed by atoms with van der Waals surface area (Å²) in [6.45, 7) is 1.03. The number of likely N-dealkylation sites (tertiary alicyclic amines) is 1. The number of nitrogens with zero attached hydrogens (tertiary/aromatic N) is 3. The Labute approximate surface area is 179 Å². The van der Waals surface area contributed by atoms with Gasteiger partial charge in [0.2, 0.25) is 5.91 Å². The SMILES string of the molecule is COc1cccc(-c2ccc(NC(=O)[C@@H]3CCCN(C(=O)c4cnsn4)C3)cc2)c1. The second-order valence-electron chi connectivity index (χ2n) is 7.18. The number of methoxy groups -OCH3 is 1. The summed E-state index contributed by atoms with van der Waals surface area (Å²) in [6.07, 6.45) is 3.02. The zero-order chi connectivity index (χ0) is 20.9. The van der Waals surface area contributed by atoms with E-state index in [-0.39, 0.29) is 17.7 Å². The van der Waals surface area contributed by atoms with Gasteiger partial charge in [-0.25, -0.2) is 0 Å². The van der Waals surface area contributed by atoms with Crippen LogP contribution in [0.2, 0.25) is 0 Å². The van der Waals surface area contributed by atoms with E-state index in [1.54, 1.807) is 12.0 Å². The predicted molar refractivity (Wildman–Crippen MR) is 116 cm³/mol. The molecule has 1 saturated heterocycles. The Morgan fingerprint density at radius 3 is 2.73 bits per heavy atom. The van der Waals surface area contributed by atoms with Crippen LogP contribution in [-0.4, -0.2) is 45.7 Å². The summed E-state index contributed by atoms with van der Waals surface area (Å²) in [5.74, 6) is 0.323. The third kappa shape index (κ3) is 4.49. The molecule has 0 saturated carbocycles. The van der Waals surface area contributed by atoms with Crippen molar-refractivity contribution in [3.8, 4) is 16.9 Å². The van der Waals surface area contributed by atoms with Crippen LogP contribution in [0.15, 0.2) is 54.7 Å². The molecule has 7 nitrogen and oxygen atoms in total. The molecule has 1 atom stereocenters. The van der Waals surface area contributed by atoms with Crippen molar-refractivity contribution in [2.45, 2.75) is 12.8 Å².